The Hall–Kier alpha value is -6.96. The van der Waals surface area contributed by atoms with Crippen LogP contribution in [-0.2, 0) is 5.41 Å². The van der Waals surface area contributed by atoms with Crippen LogP contribution < -0.4 is 4.90 Å². The molecule has 9 rings (SSSR count). The minimum atomic E-state index is 0.0935. The van der Waals surface area contributed by atoms with E-state index >= 15 is 0 Å². The van der Waals surface area contributed by atoms with E-state index < -0.39 is 0 Å². The highest BCUT2D eigenvalue weighted by Gasteiger charge is 2.27. The maximum atomic E-state index is 2.47. The zero-order chi connectivity index (χ0) is 39.5. The summed E-state index contributed by atoms with van der Waals surface area (Å²) in [6.07, 6.45) is 5.76. The van der Waals surface area contributed by atoms with Crippen molar-refractivity contribution < 1.29 is 0 Å². The summed E-state index contributed by atoms with van der Waals surface area (Å²) in [7, 11) is 0. The Labute approximate surface area is 343 Å². The SMILES string of the molecule is CCC(C)(C)c1ccc(N2c3ccc(C=C(c4ccccc4)c4ccccc4)cc3-c3ccccc3-c3cc(C=C(c4ccccc4)c4ccccc4)ccc32)cc1. The smallest absolute Gasteiger partial charge is 0.0540 e. The molecular formula is C57H47N. The molecule has 280 valence electrons. The lowest BCUT2D eigenvalue weighted by Crippen LogP contribution is -2.16. The maximum absolute atomic E-state index is 2.47. The maximum Gasteiger partial charge on any atom is 0.0540 e. The van der Waals surface area contributed by atoms with Crippen LogP contribution in [0.1, 0.15) is 66.1 Å². The van der Waals surface area contributed by atoms with Crippen LogP contribution in [0.3, 0.4) is 0 Å². The highest BCUT2D eigenvalue weighted by Crippen LogP contribution is 2.51. The monoisotopic (exact) mass is 745 g/mol. The van der Waals surface area contributed by atoms with Gasteiger partial charge in [0.25, 0.3) is 0 Å². The lowest BCUT2D eigenvalue weighted by molar-refractivity contribution is 0.506. The molecule has 0 amide bonds. The fourth-order valence-electron chi connectivity index (χ4n) is 8.21. The number of rotatable bonds is 9. The molecule has 1 aliphatic heterocycles. The van der Waals surface area contributed by atoms with Gasteiger partial charge in [0.05, 0.1) is 11.4 Å². The van der Waals surface area contributed by atoms with Crippen LogP contribution in [0.15, 0.2) is 206 Å². The summed E-state index contributed by atoms with van der Waals surface area (Å²) in [5.41, 5.74) is 19.2. The van der Waals surface area contributed by atoms with Gasteiger partial charge in [-0.15, -0.1) is 0 Å². The summed E-state index contributed by atoms with van der Waals surface area (Å²) in [6, 6.07) is 75.1. The highest BCUT2D eigenvalue weighted by molar-refractivity contribution is 6.04. The van der Waals surface area contributed by atoms with Gasteiger partial charge in [-0.25, -0.2) is 0 Å². The molecular weight excluding hydrogens is 699 g/mol. The summed E-state index contributed by atoms with van der Waals surface area (Å²) in [6.45, 7) is 6.93. The normalized spacial score (nSPS) is 11.7. The van der Waals surface area contributed by atoms with Crippen LogP contribution in [0.2, 0.25) is 0 Å². The quantitative estimate of drug-likeness (QED) is 0.133. The third kappa shape index (κ3) is 7.24. The van der Waals surface area contributed by atoms with Gasteiger partial charge in [0.1, 0.15) is 0 Å². The molecule has 0 atom stereocenters. The molecule has 0 saturated heterocycles. The summed E-state index contributed by atoms with van der Waals surface area (Å²) in [5, 5.41) is 0. The standard InChI is InChI=1S/C57H47N/c1-4-57(2,3)47-31-33-48(34-32-47)58-55-35-29-41(37-51(43-19-9-5-10-20-43)44-21-11-6-12-22-44)39-53(55)49-27-17-18-28-50(49)54-40-42(30-36-56(54)58)38-52(45-23-13-7-14-24-45)46-25-15-8-16-26-46/h5-40H,4H2,1-3H3. The Morgan fingerprint density at radius 3 is 1.14 bits per heavy atom. The molecule has 58 heavy (non-hydrogen) atoms. The van der Waals surface area contributed by atoms with Crippen molar-refractivity contribution in [1.29, 1.82) is 0 Å². The average Bonchev–Trinajstić information content (AvgIpc) is 3.41. The van der Waals surface area contributed by atoms with Crippen molar-refractivity contribution in [3.63, 3.8) is 0 Å². The van der Waals surface area contributed by atoms with Gasteiger partial charge in [0, 0.05) is 16.8 Å². The van der Waals surface area contributed by atoms with Gasteiger partial charge < -0.3 is 4.90 Å². The van der Waals surface area contributed by atoms with Crippen LogP contribution in [0.4, 0.5) is 17.1 Å². The Bertz CT molecular complexity index is 2490. The van der Waals surface area contributed by atoms with Crippen LogP contribution in [0, 0.1) is 0 Å². The van der Waals surface area contributed by atoms with Gasteiger partial charge in [-0.2, -0.15) is 0 Å². The van der Waals surface area contributed by atoms with E-state index in [1.165, 1.54) is 61.2 Å². The minimum Gasteiger partial charge on any atom is -0.309 e. The molecule has 8 aromatic rings. The van der Waals surface area contributed by atoms with E-state index in [1.807, 2.05) is 0 Å². The first-order chi connectivity index (χ1) is 28.5. The average molecular weight is 746 g/mol. The van der Waals surface area contributed by atoms with Crippen molar-refractivity contribution in [2.75, 3.05) is 4.90 Å². The first kappa shape index (κ1) is 36.7. The highest BCUT2D eigenvalue weighted by atomic mass is 15.1. The Balaban J connectivity index is 1.26. The summed E-state index contributed by atoms with van der Waals surface area (Å²) >= 11 is 0. The predicted octanol–water partition coefficient (Wildman–Crippen LogP) is 15.7. The largest absolute Gasteiger partial charge is 0.309 e. The van der Waals surface area contributed by atoms with Crippen molar-refractivity contribution in [2.45, 2.75) is 32.6 Å². The molecule has 0 aromatic heterocycles. The Morgan fingerprint density at radius 2 is 0.776 bits per heavy atom. The van der Waals surface area contributed by atoms with Gasteiger partial charge in [0.2, 0.25) is 0 Å². The van der Waals surface area contributed by atoms with Crippen LogP contribution in [0.25, 0.3) is 45.6 Å². The summed E-state index contributed by atoms with van der Waals surface area (Å²) in [4.78, 5) is 2.47. The molecule has 1 nitrogen and oxygen atoms in total. The fourth-order valence-corrected chi connectivity index (χ4v) is 8.21. The van der Waals surface area contributed by atoms with E-state index in [9.17, 15) is 0 Å². The molecule has 8 aromatic carbocycles. The van der Waals surface area contributed by atoms with Crippen LogP contribution >= 0.6 is 0 Å². The molecule has 0 N–H and O–H groups in total. The molecule has 1 heterocycles. The van der Waals surface area contributed by atoms with Gasteiger partial charge in [-0.3, -0.25) is 0 Å². The number of hydrogen-bond acceptors (Lipinski definition) is 1. The summed E-state index contributed by atoms with van der Waals surface area (Å²) < 4.78 is 0. The van der Waals surface area contributed by atoms with E-state index in [2.05, 4.69) is 244 Å². The van der Waals surface area contributed by atoms with E-state index in [0.717, 1.165) is 34.6 Å². The van der Waals surface area contributed by atoms with Crippen molar-refractivity contribution in [2.24, 2.45) is 0 Å². The number of hydrogen-bond donors (Lipinski definition) is 0. The molecule has 0 fully saturated rings. The van der Waals surface area contributed by atoms with Gasteiger partial charge in [-0.1, -0.05) is 191 Å². The zero-order valence-electron chi connectivity index (χ0n) is 33.4. The molecule has 1 aliphatic rings. The van der Waals surface area contributed by atoms with Crippen molar-refractivity contribution in [3.8, 4) is 22.3 Å². The molecule has 0 spiro atoms. The van der Waals surface area contributed by atoms with E-state index in [0.29, 0.717) is 0 Å². The van der Waals surface area contributed by atoms with Crippen molar-refractivity contribution >= 4 is 40.4 Å². The second kappa shape index (κ2) is 15.9. The molecule has 0 bridgehead atoms. The lowest BCUT2D eigenvalue weighted by atomic mass is 9.82. The second-order valence-electron chi connectivity index (χ2n) is 15.8. The topological polar surface area (TPSA) is 3.24 Å². The number of nitrogens with zero attached hydrogens (tertiary/aromatic N) is 1. The number of anilines is 3. The van der Waals surface area contributed by atoms with Crippen LogP contribution in [0.5, 0.6) is 0 Å². The molecule has 0 aliphatic carbocycles. The molecule has 0 unspecified atom stereocenters. The van der Waals surface area contributed by atoms with Gasteiger partial charge in [0.15, 0.2) is 0 Å². The molecule has 1 heteroatoms. The molecule has 0 saturated carbocycles. The lowest BCUT2D eigenvalue weighted by Gasteiger charge is -2.29. The van der Waals surface area contributed by atoms with Crippen molar-refractivity contribution in [1.82, 2.24) is 0 Å². The number of benzene rings is 8. The summed E-state index contributed by atoms with van der Waals surface area (Å²) in [5.74, 6) is 0. The third-order valence-corrected chi connectivity index (χ3v) is 11.8. The van der Waals surface area contributed by atoms with E-state index in [-0.39, 0.29) is 5.41 Å². The van der Waals surface area contributed by atoms with Crippen molar-refractivity contribution in [3.05, 3.63) is 245 Å². The number of fused-ring (bicyclic) bond motifs is 5. The first-order valence-corrected chi connectivity index (χ1v) is 20.4. The van der Waals surface area contributed by atoms with E-state index in [4.69, 9.17) is 0 Å². The second-order valence-corrected chi connectivity index (χ2v) is 15.8. The molecule has 0 radical (unpaired) electrons. The third-order valence-electron chi connectivity index (χ3n) is 11.8. The zero-order valence-corrected chi connectivity index (χ0v) is 33.4. The Kier molecular flexibility index (Phi) is 10.0. The minimum absolute atomic E-state index is 0.0935. The Morgan fingerprint density at radius 1 is 0.414 bits per heavy atom. The van der Waals surface area contributed by atoms with Gasteiger partial charge in [-0.05, 0) is 122 Å². The van der Waals surface area contributed by atoms with E-state index in [1.54, 1.807) is 0 Å². The first-order valence-electron chi connectivity index (χ1n) is 20.4. The van der Waals surface area contributed by atoms with Crippen LogP contribution in [-0.4, -0.2) is 0 Å². The fraction of sp³-hybridized carbons (Fsp3) is 0.0877. The predicted molar refractivity (Wildman–Crippen MR) is 249 cm³/mol. The van der Waals surface area contributed by atoms with Gasteiger partial charge >= 0.3 is 0 Å².